The smallest absolute Gasteiger partial charge is 0.243 e. The Hall–Kier alpha value is -1.44. The summed E-state index contributed by atoms with van der Waals surface area (Å²) in [7, 11) is -3.81. The van der Waals surface area contributed by atoms with Crippen LogP contribution in [0.4, 0.5) is 5.69 Å². The predicted octanol–water partition coefficient (Wildman–Crippen LogP) is 0.318. The van der Waals surface area contributed by atoms with E-state index in [-0.39, 0.29) is 4.90 Å². The van der Waals surface area contributed by atoms with Gasteiger partial charge in [-0.2, -0.15) is 0 Å². The van der Waals surface area contributed by atoms with Crippen molar-refractivity contribution in [2.45, 2.75) is 31.2 Å². The molecular weight excluding hydrogens is 254 g/mol. The van der Waals surface area contributed by atoms with Gasteiger partial charge in [-0.05, 0) is 38.5 Å². The molecule has 7 heteroatoms. The van der Waals surface area contributed by atoms with Crippen LogP contribution in [0.25, 0.3) is 0 Å². The molecule has 0 atom stereocenters. The first-order chi connectivity index (χ1) is 8.03. The van der Waals surface area contributed by atoms with Crippen molar-refractivity contribution >= 4 is 21.6 Å². The SMILES string of the molecule is Cc1c(NC(=O)C(C)(C)N)cccc1S(N)(=O)=O. The van der Waals surface area contributed by atoms with Crippen molar-refractivity contribution in [1.82, 2.24) is 0 Å². The molecule has 100 valence electrons. The molecule has 0 heterocycles. The average Bonchev–Trinajstić information content (AvgIpc) is 2.17. The number of carbonyl (C=O) groups excluding carboxylic acids is 1. The van der Waals surface area contributed by atoms with Crippen molar-refractivity contribution in [3.63, 3.8) is 0 Å². The summed E-state index contributed by atoms with van der Waals surface area (Å²) in [5.74, 6) is -0.405. The van der Waals surface area contributed by atoms with E-state index in [0.29, 0.717) is 11.3 Å². The molecule has 0 aliphatic rings. The van der Waals surface area contributed by atoms with Gasteiger partial charge in [0.15, 0.2) is 0 Å². The molecule has 0 aromatic heterocycles. The Morgan fingerprint density at radius 1 is 1.33 bits per heavy atom. The minimum absolute atomic E-state index is 0.0184. The molecule has 0 fully saturated rings. The number of benzene rings is 1. The second-order valence-electron chi connectivity index (χ2n) is 4.65. The first-order valence-electron chi connectivity index (χ1n) is 5.26. The number of nitrogens with one attached hydrogen (secondary N) is 1. The highest BCUT2D eigenvalue weighted by molar-refractivity contribution is 7.89. The summed E-state index contributed by atoms with van der Waals surface area (Å²) >= 11 is 0. The van der Waals surface area contributed by atoms with Crippen molar-refractivity contribution in [3.8, 4) is 0 Å². The Kier molecular flexibility index (Phi) is 3.80. The minimum Gasteiger partial charge on any atom is -0.324 e. The monoisotopic (exact) mass is 271 g/mol. The third kappa shape index (κ3) is 3.28. The number of hydrogen-bond donors (Lipinski definition) is 3. The molecule has 0 bridgehead atoms. The van der Waals surface area contributed by atoms with Crippen LogP contribution in [-0.4, -0.2) is 19.9 Å². The number of hydrogen-bond acceptors (Lipinski definition) is 4. The van der Waals surface area contributed by atoms with Crippen molar-refractivity contribution in [2.75, 3.05) is 5.32 Å². The van der Waals surface area contributed by atoms with E-state index >= 15 is 0 Å². The van der Waals surface area contributed by atoms with Gasteiger partial charge in [-0.1, -0.05) is 6.07 Å². The van der Waals surface area contributed by atoms with Gasteiger partial charge in [0.2, 0.25) is 15.9 Å². The van der Waals surface area contributed by atoms with E-state index in [9.17, 15) is 13.2 Å². The Morgan fingerprint density at radius 2 is 1.89 bits per heavy atom. The van der Waals surface area contributed by atoms with Crippen LogP contribution in [0.5, 0.6) is 0 Å². The molecule has 1 rings (SSSR count). The van der Waals surface area contributed by atoms with Gasteiger partial charge >= 0.3 is 0 Å². The molecule has 1 amide bonds. The summed E-state index contributed by atoms with van der Waals surface area (Å²) < 4.78 is 22.7. The van der Waals surface area contributed by atoms with E-state index in [4.69, 9.17) is 10.9 Å². The van der Waals surface area contributed by atoms with Gasteiger partial charge in [-0.15, -0.1) is 0 Å². The molecule has 1 aromatic rings. The molecular formula is C11H17N3O3S. The van der Waals surface area contributed by atoms with Crippen molar-refractivity contribution < 1.29 is 13.2 Å². The zero-order chi connectivity index (χ0) is 14.1. The molecule has 0 aliphatic heterocycles. The zero-order valence-corrected chi connectivity index (χ0v) is 11.3. The van der Waals surface area contributed by atoms with Gasteiger partial charge in [-0.25, -0.2) is 13.6 Å². The zero-order valence-electron chi connectivity index (χ0n) is 10.5. The van der Waals surface area contributed by atoms with Crippen LogP contribution in [0.2, 0.25) is 0 Å². The molecule has 0 aliphatic carbocycles. The van der Waals surface area contributed by atoms with Crippen LogP contribution in [0, 0.1) is 6.92 Å². The molecule has 18 heavy (non-hydrogen) atoms. The van der Waals surface area contributed by atoms with E-state index in [1.807, 2.05) is 0 Å². The molecule has 0 spiro atoms. The number of sulfonamides is 1. The maximum absolute atomic E-state index is 11.7. The topological polar surface area (TPSA) is 115 Å². The summed E-state index contributed by atoms with van der Waals surface area (Å²) in [5.41, 5.74) is 5.36. The summed E-state index contributed by atoms with van der Waals surface area (Å²) in [4.78, 5) is 11.7. The third-order valence-corrected chi connectivity index (χ3v) is 3.48. The van der Waals surface area contributed by atoms with E-state index in [1.165, 1.54) is 12.1 Å². The first-order valence-corrected chi connectivity index (χ1v) is 6.81. The fourth-order valence-corrected chi connectivity index (χ4v) is 2.15. The molecule has 0 saturated heterocycles. The number of rotatable bonds is 3. The fourth-order valence-electron chi connectivity index (χ4n) is 1.34. The lowest BCUT2D eigenvalue weighted by Crippen LogP contribution is -2.45. The number of amides is 1. The van der Waals surface area contributed by atoms with Crippen LogP contribution in [-0.2, 0) is 14.8 Å². The lowest BCUT2D eigenvalue weighted by atomic mass is 10.1. The fraction of sp³-hybridized carbons (Fsp3) is 0.364. The Morgan fingerprint density at radius 3 is 2.33 bits per heavy atom. The van der Waals surface area contributed by atoms with Crippen LogP contribution in [0.1, 0.15) is 19.4 Å². The highest BCUT2D eigenvalue weighted by Crippen LogP contribution is 2.22. The number of nitrogens with two attached hydrogens (primary N) is 2. The molecule has 0 radical (unpaired) electrons. The van der Waals surface area contributed by atoms with Gasteiger partial charge in [0.1, 0.15) is 0 Å². The van der Waals surface area contributed by atoms with Crippen molar-refractivity contribution in [2.24, 2.45) is 10.9 Å². The van der Waals surface area contributed by atoms with E-state index in [0.717, 1.165) is 0 Å². The highest BCUT2D eigenvalue weighted by Gasteiger charge is 2.23. The maximum atomic E-state index is 11.7. The first kappa shape index (κ1) is 14.6. The summed E-state index contributed by atoms with van der Waals surface area (Å²) in [6.07, 6.45) is 0. The second-order valence-corrected chi connectivity index (χ2v) is 6.18. The number of carbonyl (C=O) groups is 1. The standard InChI is InChI=1S/C11H17N3O3S/c1-7-8(14-10(15)11(2,3)12)5-4-6-9(7)18(13,16)17/h4-6H,12H2,1-3H3,(H,14,15)(H2,13,16,17). The molecule has 0 saturated carbocycles. The normalized spacial score (nSPS) is 12.3. The summed E-state index contributed by atoms with van der Waals surface area (Å²) in [6, 6.07) is 4.48. The van der Waals surface area contributed by atoms with E-state index in [2.05, 4.69) is 5.32 Å². The van der Waals surface area contributed by atoms with Gasteiger partial charge < -0.3 is 11.1 Å². The largest absolute Gasteiger partial charge is 0.324 e. The van der Waals surface area contributed by atoms with Crippen LogP contribution < -0.4 is 16.2 Å². The predicted molar refractivity (Wildman–Crippen MR) is 69.4 cm³/mol. The number of primary sulfonamides is 1. The van der Waals surface area contributed by atoms with Crippen LogP contribution in [0.15, 0.2) is 23.1 Å². The van der Waals surface area contributed by atoms with Crippen LogP contribution in [0.3, 0.4) is 0 Å². The molecule has 0 unspecified atom stereocenters. The minimum atomic E-state index is -3.81. The average molecular weight is 271 g/mol. The molecule has 6 nitrogen and oxygen atoms in total. The lowest BCUT2D eigenvalue weighted by molar-refractivity contribution is -0.120. The second kappa shape index (κ2) is 4.68. The van der Waals surface area contributed by atoms with Gasteiger partial charge in [0, 0.05) is 5.69 Å². The van der Waals surface area contributed by atoms with Crippen LogP contribution >= 0.6 is 0 Å². The Bertz CT molecular complexity index is 574. The summed E-state index contributed by atoms with van der Waals surface area (Å²) in [6.45, 7) is 4.68. The maximum Gasteiger partial charge on any atom is 0.243 e. The van der Waals surface area contributed by atoms with Gasteiger partial charge in [0.25, 0.3) is 0 Å². The third-order valence-electron chi connectivity index (χ3n) is 2.42. The van der Waals surface area contributed by atoms with E-state index < -0.39 is 21.5 Å². The quantitative estimate of drug-likeness (QED) is 0.734. The van der Waals surface area contributed by atoms with Gasteiger partial charge in [0.05, 0.1) is 10.4 Å². The Balaban J connectivity index is 3.18. The summed E-state index contributed by atoms with van der Waals surface area (Å²) in [5, 5.41) is 7.66. The lowest BCUT2D eigenvalue weighted by Gasteiger charge is -2.19. The van der Waals surface area contributed by atoms with E-state index in [1.54, 1.807) is 26.8 Å². The molecule has 5 N–H and O–H groups in total. The molecule has 1 aromatic carbocycles. The van der Waals surface area contributed by atoms with Crippen molar-refractivity contribution in [3.05, 3.63) is 23.8 Å². The van der Waals surface area contributed by atoms with Gasteiger partial charge in [-0.3, -0.25) is 4.79 Å². The van der Waals surface area contributed by atoms with Crippen molar-refractivity contribution in [1.29, 1.82) is 0 Å². The highest BCUT2D eigenvalue weighted by atomic mass is 32.2. The number of anilines is 1. The Labute approximate surface area is 106 Å².